The van der Waals surface area contributed by atoms with Crippen molar-refractivity contribution in [1.29, 1.82) is 0 Å². The molecule has 1 saturated heterocycles. The molecule has 5 rings (SSSR count). The number of fused-ring (bicyclic) bond motifs is 2. The molecular formula is C22H25F4N7O2. The van der Waals surface area contributed by atoms with Crippen LogP contribution in [0.2, 0.25) is 0 Å². The highest BCUT2D eigenvalue weighted by atomic mass is 19.4. The van der Waals surface area contributed by atoms with Gasteiger partial charge in [0.25, 0.3) is 0 Å². The minimum atomic E-state index is -4.84. The van der Waals surface area contributed by atoms with E-state index in [9.17, 15) is 17.6 Å². The Labute approximate surface area is 198 Å². The maximum absolute atomic E-state index is 14.5. The molecule has 1 aromatic carbocycles. The van der Waals surface area contributed by atoms with E-state index in [1.165, 1.54) is 4.68 Å². The van der Waals surface area contributed by atoms with Crippen LogP contribution in [0.15, 0.2) is 22.6 Å². The SMILES string of the molecule is Cc1nnc(N2CC3CCC(C2)C3Nc2nc(Oc3cccc(C(F)(F)F)c3F)n(C(C)C)n2)o1. The number of hydrogen-bond donors (Lipinski definition) is 1. The first kappa shape index (κ1) is 23.4. The zero-order valence-corrected chi connectivity index (χ0v) is 19.4. The van der Waals surface area contributed by atoms with Crippen molar-refractivity contribution in [3.05, 3.63) is 35.5 Å². The average Bonchev–Trinajstić information content (AvgIpc) is 3.45. The van der Waals surface area contributed by atoms with Crippen LogP contribution in [0, 0.1) is 24.6 Å². The second kappa shape index (κ2) is 8.68. The molecule has 0 radical (unpaired) electrons. The fraction of sp³-hybridized carbons (Fsp3) is 0.545. The molecular weight excluding hydrogens is 470 g/mol. The lowest BCUT2D eigenvalue weighted by Gasteiger charge is -2.37. The van der Waals surface area contributed by atoms with Gasteiger partial charge >= 0.3 is 18.2 Å². The molecule has 0 amide bonds. The number of nitrogens with zero attached hydrogens (tertiary/aromatic N) is 6. The first-order valence-corrected chi connectivity index (χ1v) is 11.4. The van der Waals surface area contributed by atoms with Gasteiger partial charge in [0.15, 0.2) is 11.6 Å². The molecule has 1 aliphatic carbocycles. The monoisotopic (exact) mass is 495 g/mol. The maximum atomic E-state index is 14.5. The van der Waals surface area contributed by atoms with E-state index in [0.717, 1.165) is 38.1 Å². The summed E-state index contributed by atoms with van der Waals surface area (Å²) in [6.07, 6.45) is -2.82. The lowest BCUT2D eigenvalue weighted by atomic mass is 9.92. The molecule has 0 spiro atoms. The number of aryl methyl sites for hydroxylation is 1. The molecule has 2 bridgehead atoms. The quantitative estimate of drug-likeness (QED) is 0.486. The van der Waals surface area contributed by atoms with Gasteiger partial charge in [0.2, 0.25) is 11.8 Å². The van der Waals surface area contributed by atoms with E-state index in [4.69, 9.17) is 9.15 Å². The van der Waals surface area contributed by atoms with Crippen molar-refractivity contribution in [3.8, 4) is 11.8 Å². The average molecular weight is 495 g/mol. The Kier molecular flexibility index (Phi) is 5.80. The Morgan fingerprint density at radius 2 is 1.86 bits per heavy atom. The first-order valence-electron chi connectivity index (χ1n) is 11.4. The van der Waals surface area contributed by atoms with Crippen LogP contribution in [0.1, 0.15) is 44.2 Å². The summed E-state index contributed by atoms with van der Waals surface area (Å²) in [5, 5.41) is 15.9. The molecule has 3 aromatic rings. The van der Waals surface area contributed by atoms with Gasteiger partial charge in [0.1, 0.15) is 0 Å². The van der Waals surface area contributed by atoms with Gasteiger partial charge in [-0.15, -0.1) is 10.2 Å². The Morgan fingerprint density at radius 3 is 2.46 bits per heavy atom. The summed E-state index contributed by atoms with van der Waals surface area (Å²) in [6.45, 7) is 6.87. The largest absolute Gasteiger partial charge is 0.421 e. The topological polar surface area (TPSA) is 94.1 Å². The number of hydrogen-bond acceptors (Lipinski definition) is 8. The molecule has 188 valence electrons. The van der Waals surface area contributed by atoms with Crippen LogP contribution < -0.4 is 15.0 Å². The Hall–Kier alpha value is -3.38. The summed E-state index contributed by atoms with van der Waals surface area (Å²) in [5.74, 6) is -0.682. The number of benzene rings is 1. The fourth-order valence-corrected chi connectivity index (χ4v) is 4.86. The number of nitrogens with one attached hydrogen (secondary N) is 1. The number of alkyl halides is 3. The number of rotatable bonds is 6. The zero-order valence-electron chi connectivity index (χ0n) is 19.4. The predicted molar refractivity (Wildman–Crippen MR) is 117 cm³/mol. The van der Waals surface area contributed by atoms with Crippen molar-refractivity contribution in [2.24, 2.45) is 11.8 Å². The van der Waals surface area contributed by atoms with E-state index in [-0.39, 0.29) is 35.9 Å². The standard InChI is InChI=1S/C22H25F4N7O2/c1-11(2)33-20(35-16-6-4-5-15(17(16)23)22(24,25)26)28-19(31-33)27-18-13-7-8-14(18)10-32(9-13)21-30-29-12(3)34-21/h4-6,11,13-14,18H,7-10H2,1-3H3,(H,27,31). The third kappa shape index (κ3) is 4.50. The van der Waals surface area contributed by atoms with Gasteiger partial charge in [-0.2, -0.15) is 18.2 Å². The molecule has 1 aliphatic heterocycles. The van der Waals surface area contributed by atoms with Gasteiger partial charge in [-0.25, -0.2) is 9.07 Å². The van der Waals surface area contributed by atoms with Gasteiger partial charge in [0.05, 0.1) is 11.6 Å². The van der Waals surface area contributed by atoms with Gasteiger partial charge in [-0.3, -0.25) is 0 Å². The van der Waals surface area contributed by atoms with Crippen LogP contribution in [-0.2, 0) is 6.18 Å². The summed E-state index contributed by atoms with van der Waals surface area (Å²) in [6, 6.07) is 3.18. The third-order valence-corrected chi connectivity index (χ3v) is 6.47. The van der Waals surface area contributed by atoms with Crippen LogP contribution in [0.25, 0.3) is 0 Å². The summed E-state index contributed by atoms with van der Waals surface area (Å²) >= 11 is 0. The minimum Gasteiger partial charge on any atom is -0.421 e. The zero-order chi connectivity index (χ0) is 24.9. The highest BCUT2D eigenvalue weighted by molar-refractivity contribution is 5.37. The number of ether oxygens (including phenoxy) is 1. The van der Waals surface area contributed by atoms with Crippen LogP contribution >= 0.6 is 0 Å². The minimum absolute atomic E-state index is 0.0909. The van der Waals surface area contributed by atoms with Gasteiger partial charge in [0, 0.05) is 26.1 Å². The molecule has 2 atom stereocenters. The first-order chi connectivity index (χ1) is 16.6. The molecule has 3 heterocycles. The van der Waals surface area contributed by atoms with Crippen molar-refractivity contribution >= 4 is 12.0 Å². The van der Waals surface area contributed by atoms with Crippen molar-refractivity contribution in [2.75, 3.05) is 23.3 Å². The second-order valence-electron chi connectivity index (χ2n) is 9.25. The number of halogens is 4. The van der Waals surface area contributed by atoms with E-state index in [0.29, 0.717) is 18.0 Å². The molecule has 2 unspecified atom stereocenters. The van der Waals surface area contributed by atoms with Crippen LogP contribution in [0.3, 0.4) is 0 Å². The number of anilines is 2. The lowest BCUT2D eigenvalue weighted by Crippen LogP contribution is -2.48. The molecule has 35 heavy (non-hydrogen) atoms. The van der Waals surface area contributed by atoms with Crippen molar-refractivity contribution in [3.63, 3.8) is 0 Å². The molecule has 13 heteroatoms. The summed E-state index contributed by atoms with van der Waals surface area (Å²) in [5.41, 5.74) is -1.40. The summed E-state index contributed by atoms with van der Waals surface area (Å²) in [7, 11) is 0. The predicted octanol–water partition coefficient (Wildman–Crippen LogP) is 4.83. The molecule has 9 nitrogen and oxygen atoms in total. The van der Waals surface area contributed by atoms with Crippen LogP contribution in [0.4, 0.5) is 29.5 Å². The lowest BCUT2D eigenvalue weighted by molar-refractivity contribution is -0.140. The van der Waals surface area contributed by atoms with Crippen molar-refractivity contribution in [1.82, 2.24) is 25.0 Å². The van der Waals surface area contributed by atoms with Crippen molar-refractivity contribution in [2.45, 2.75) is 51.9 Å². The Balaban J connectivity index is 1.35. The van der Waals surface area contributed by atoms with E-state index in [1.807, 2.05) is 13.8 Å². The molecule has 2 fully saturated rings. The van der Waals surface area contributed by atoms with Crippen molar-refractivity contribution < 1.29 is 26.7 Å². The van der Waals surface area contributed by atoms with Crippen LogP contribution in [-0.4, -0.2) is 44.1 Å². The number of piperidine rings is 1. The van der Waals surface area contributed by atoms with E-state index in [1.54, 1.807) is 6.92 Å². The van der Waals surface area contributed by atoms with Gasteiger partial charge in [-0.1, -0.05) is 11.2 Å². The molecule has 2 aromatic heterocycles. The molecule has 1 saturated carbocycles. The highest BCUT2D eigenvalue weighted by Crippen LogP contribution is 2.40. The summed E-state index contributed by atoms with van der Waals surface area (Å²) < 4.78 is 66.3. The van der Waals surface area contributed by atoms with E-state index < -0.39 is 23.3 Å². The normalized spacial score (nSPS) is 22.2. The number of aromatic nitrogens is 5. The van der Waals surface area contributed by atoms with E-state index >= 15 is 0 Å². The maximum Gasteiger partial charge on any atom is 0.419 e. The molecule has 2 aliphatic rings. The van der Waals surface area contributed by atoms with Gasteiger partial charge in [-0.05, 0) is 50.7 Å². The molecule has 1 N–H and O–H groups in total. The second-order valence-corrected chi connectivity index (χ2v) is 9.25. The Bertz CT molecular complexity index is 1190. The third-order valence-electron chi connectivity index (χ3n) is 6.47. The highest BCUT2D eigenvalue weighted by Gasteiger charge is 2.44. The smallest absolute Gasteiger partial charge is 0.419 e. The van der Waals surface area contributed by atoms with Crippen LogP contribution in [0.5, 0.6) is 11.8 Å². The fourth-order valence-electron chi connectivity index (χ4n) is 4.86. The Morgan fingerprint density at radius 1 is 1.14 bits per heavy atom. The van der Waals surface area contributed by atoms with Gasteiger partial charge < -0.3 is 19.4 Å². The summed E-state index contributed by atoms with van der Waals surface area (Å²) in [4.78, 5) is 6.44. The van der Waals surface area contributed by atoms with E-state index in [2.05, 4.69) is 30.5 Å².